The monoisotopic (exact) mass is 292 g/mol. The van der Waals surface area contributed by atoms with Crippen LogP contribution in [0.1, 0.15) is 12.5 Å². The van der Waals surface area contributed by atoms with Crippen molar-refractivity contribution >= 4 is 33.3 Å². The fourth-order valence-corrected chi connectivity index (χ4v) is 1.96. The first-order valence-corrected chi connectivity index (χ1v) is 6.12. The van der Waals surface area contributed by atoms with Gasteiger partial charge in [0.1, 0.15) is 18.0 Å². The molecule has 1 aromatic carbocycles. The lowest BCUT2D eigenvalue weighted by Crippen LogP contribution is -2.04. The molecule has 5 heteroatoms. The van der Waals surface area contributed by atoms with E-state index in [1.165, 1.54) is 6.33 Å². The zero-order chi connectivity index (χ0) is 12.3. The summed E-state index contributed by atoms with van der Waals surface area (Å²) in [6.45, 7) is 2.03. The number of nitrogens with two attached hydrogens (primary N) is 1. The van der Waals surface area contributed by atoms with E-state index in [4.69, 9.17) is 5.73 Å². The molecule has 0 saturated carbocycles. The molecule has 2 rings (SSSR count). The Labute approximate surface area is 108 Å². The molecule has 88 valence electrons. The van der Waals surface area contributed by atoms with Crippen molar-refractivity contribution in [1.82, 2.24) is 9.97 Å². The summed E-state index contributed by atoms with van der Waals surface area (Å²) >= 11 is 3.48. The summed E-state index contributed by atoms with van der Waals surface area (Å²) < 4.78 is 0.985. The molecule has 4 nitrogen and oxygen atoms in total. The fraction of sp³-hybridized carbons (Fsp3) is 0.167. The number of hydrogen-bond acceptors (Lipinski definition) is 4. The fourth-order valence-electron chi connectivity index (χ4n) is 1.57. The van der Waals surface area contributed by atoms with Crippen LogP contribution in [0, 0.1) is 0 Å². The second-order valence-electron chi connectivity index (χ2n) is 3.54. The van der Waals surface area contributed by atoms with Crippen LogP contribution in [0.3, 0.4) is 0 Å². The van der Waals surface area contributed by atoms with Gasteiger partial charge in [0.25, 0.3) is 0 Å². The SMILES string of the molecule is CCc1c(N)ncnc1Nc1ccccc1Br. The minimum Gasteiger partial charge on any atom is -0.383 e. The number of nitrogen functional groups attached to an aromatic ring is 1. The van der Waals surface area contributed by atoms with E-state index in [-0.39, 0.29) is 0 Å². The molecular weight excluding hydrogens is 280 g/mol. The van der Waals surface area contributed by atoms with E-state index in [0.717, 1.165) is 28.0 Å². The molecule has 1 aromatic heterocycles. The lowest BCUT2D eigenvalue weighted by Gasteiger charge is -2.12. The van der Waals surface area contributed by atoms with E-state index in [9.17, 15) is 0 Å². The first-order chi connectivity index (χ1) is 8.22. The number of rotatable bonds is 3. The number of anilines is 3. The van der Waals surface area contributed by atoms with Crippen LogP contribution in [0.5, 0.6) is 0 Å². The van der Waals surface area contributed by atoms with Crippen LogP contribution in [0.25, 0.3) is 0 Å². The van der Waals surface area contributed by atoms with Crippen LogP contribution in [0.2, 0.25) is 0 Å². The summed E-state index contributed by atoms with van der Waals surface area (Å²) in [5.74, 6) is 1.28. The topological polar surface area (TPSA) is 63.8 Å². The number of hydrogen-bond donors (Lipinski definition) is 2. The summed E-state index contributed by atoms with van der Waals surface area (Å²) in [4.78, 5) is 8.21. The Hall–Kier alpha value is -1.62. The predicted octanol–water partition coefficient (Wildman–Crippen LogP) is 3.13. The van der Waals surface area contributed by atoms with Gasteiger partial charge in [0.15, 0.2) is 0 Å². The van der Waals surface area contributed by atoms with Gasteiger partial charge in [0, 0.05) is 10.0 Å². The quantitative estimate of drug-likeness (QED) is 0.912. The van der Waals surface area contributed by atoms with E-state index in [1.807, 2.05) is 31.2 Å². The van der Waals surface area contributed by atoms with Gasteiger partial charge in [-0.15, -0.1) is 0 Å². The van der Waals surface area contributed by atoms with E-state index < -0.39 is 0 Å². The number of para-hydroxylation sites is 1. The van der Waals surface area contributed by atoms with E-state index >= 15 is 0 Å². The maximum atomic E-state index is 5.82. The Morgan fingerprint density at radius 1 is 1.29 bits per heavy atom. The van der Waals surface area contributed by atoms with E-state index in [1.54, 1.807) is 0 Å². The Morgan fingerprint density at radius 3 is 2.76 bits per heavy atom. The lowest BCUT2D eigenvalue weighted by atomic mass is 10.2. The minimum absolute atomic E-state index is 0.525. The van der Waals surface area contributed by atoms with Gasteiger partial charge >= 0.3 is 0 Å². The summed E-state index contributed by atoms with van der Waals surface area (Å²) in [5.41, 5.74) is 7.71. The van der Waals surface area contributed by atoms with Crippen molar-refractivity contribution in [1.29, 1.82) is 0 Å². The van der Waals surface area contributed by atoms with Crippen LogP contribution in [0.15, 0.2) is 35.1 Å². The van der Waals surface area contributed by atoms with Crippen molar-refractivity contribution < 1.29 is 0 Å². The van der Waals surface area contributed by atoms with Crippen molar-refractivity contribution in [3.8, 4) is 0 Å². The van der Waals surface area contributed by atoms with Gasteiger partial charge in [-0.05, 0) is 34.5 Å². The van der Waals surface area contributed by atoms with Gasteiger partial charge in [-0.3, -0.25) is 0 Å². The smallest absolute Gasteiger partial charge is 0.139 e. The van der Waals surface area contributed by atoms with Gasteiger partial charge in [-0.2, -0.15) is 0 Å². The van der Waals surface area contributed by atoms with Gasteiger partial charge in [-0.1, -0.05) is 19.1 Å². The van der Waals surface area contributed by atoms with Gasteiger partial charge < -0.3 is 11.1 Å². The highest BCUT2D eigenvalue weighted by atomic mass is 79.9. The highest BCUT2D eigenvalue weighted by molar-refractivity contribution is 9.10. The predicted molar refractivity (Wildman–Crippen MR) is 73.2 cm³/mol. The normalized spacial score (nSPS) is 10.2. The van der Waals surface area contributed by atoms with E-state index in [2.05, 4.69) is 31.2 Å². The number of aromatic nitrogens is 2. The average molecular weight is 293 g/mol. The van der Waals surface area contributed by atoms with Crippen LogP contribution in [0.4, 0.5) is 17.3 Å². The molecule has 0 unspecified atom stereocenters. The molecule has 0 aliphatic carbocycles. The molecule has 0 aliphatic heterocycles. The van der Waals surface area contributed by atoms with Crippen molar-refractivity contribution in [2.24, 2.45) is 0 Å². The number of halogens is 1. The Bertz CT molecular complexity index is 528. The highest BCUT2D eigenvalue weighted by Crippen LogP contribution is 2.27. The minimum atomic E-state index is 0.525. The average Bonchev–Trinajstić information content (AvgIpc) is 2.32. The molecule has 3 N–H and O–H groups in total. The van der Waals surface area contributed by atoms with Crippen LogP contribution < -0.4 is 11.1 Å². The summed E-state index contributed by atoms with van der Waals surface area (Å²) in [6.07, 6.45) is 2.26. The lowest BCUT2D eigenvalue weighted by molar-refractivity contribution is 1.06. The molecule has 0 spiro atoms. The van der Waals surface area contributed by atoms with Crippen LogP contribution >= 0.6 is 15.9 Å². The summed E-state index contributed by atoms with van der Waals surface area (Å²) in [6, 6.07) is 7.87. The zero-order valence-electron chi connectivity index (χ0n) is 9.44. The maximum Gasteiger partial charge on any atom is 0.139 e. The second-order valence-corrected chi connectivity index (χ2v) is 4.40. The zero-order valence-corrected chi connectivity index (χ0v) is 11.0. The maximum absolute atomic E-state index is 5.82. The summed E-state index contributed by atoms with van der Waals surface area (Å²) in [7, 11) is 0. The van der Waals surface area contributed by atoms with Crippen LogP contribution in [-0.4, -0.2) is 9.97 Å². The first kappa shape index (κ1) is 11.9. The second kappa shape index (κ2) is 5.14. The molecule has 0 radical (unpaired) electrons. The van der Waals surface area contributed by atoms with E-state index in [0.29, 0.717) is 5.82 Å². The third-order valence-electron chi connectivity index (χ3n) is 2.46. The molecule has 0 amide bonds. The molecule has 1 heterocycles. The molecule has 2 aromatic rings. The van der Waals surface area contributed by atoms with Crippen molar-refractivity contribution in [2.75, 3.05) is 11.1 Å². The third-order valence-corrected chi connectivity index (χ3v) is 3.15. The van der Waals surface area contributed by atoms with Gasteiger partial charge in [0.05, 0.1) is 5.69 Å². The Balaban J connectivity index is 2.37. The molecule has 17 heavy (non-hydrogen) atoms. The Morgan fingerprint density at radius 2 is 2.06 bits per heavy atom. The van der Waals surface area contributed by atoms with Crippen molar-refractivity contribution in [2.45, 2.75) is 13.3 Å². The molecule has 0 aliphatic rings. The number of nitrogens with zero attached hydrogens (tertiary/aromatic N) is 2. The number of nitrogens with one attached hydrogen (secondary N) is 1. The number of benzene rings is 1. The molecule has 0 bridgehead atoms. The van der Waals surface area contributed by atoms with Crippen LogP contribution in [-0.2, 0) is 6.42 Å². The highest BCUT2D eigenvalue weighted by Gasteiger charge is 2.08. The van der Waals surface area contributed by atoms with Crippen molar-refractivity contribution in [3.63, 3.8) is 0 Å². The van der Waals surface area contributed by atoms with Gasteiger partial charge in [-0.25, -0.2) is 9.97 Å². The molecule has 0 fully saturated rings. The summed E-state index contributed by atoms with van der Waals surface area (Å²) in [5, 5.41) is 3.25. The molecular formula is C12H13BrN4. The standard InChI is InChI=1S/C12H13BrN4/c1-2-8-11(14)15-7-16-12(8)17-10-6-4-3-5-9(10)13/h3-7H,2H2,1H3,(H3,14,15,16,17). The Kier molecular flexibility index (Phi) is 3.58. The largest absolute Gasteiger partial charge is 0.383 e. The first-order valence-electron chi connectivity index (χ1n) is 5.33. The van der Waals surface area contributed by atoms with Crippen molar-refractivity contribution in [3.05, 3.63) is 40.6 Å². The van der Waals surface area contributed by atoms with Gasteiger partial charge in [0.2, 0.25) is 0 Å². The third kappa shape index (κ3) is 2.55. The molecule has 0 atom stereocenters. The molecule has 0 saturated heterocycles.